The minimum atomic E-state index is -4.72. The smallest absolute Gasteiger partial charge is 0.452 e. The second-order valence-electron chi connectivity index (χ2n) is 12.8. The van der Waals surface area contributed by atoms with Crippen LogP contribution >= 0.6 is 10.8 Å². The lowest BCUT2D eigenvalue weighted by molar-refractivity contribution is -0.151. The van der Waals surface area contributed by atoms with Gasteiger partial charge in [0.15, 0.2) is 5.65 Å². The number of hydrogen-bond acceptors (Lipinski definition) is 11. The van der Waals surface area contributed by atoms with E-state index in [1.165, 1.54) is 19.4 Å². The minimum Gasteiger partial charge on any atom is -0.469 e. The molecule has 258 valence electrons. The van der Waals surface area contributed by atoms with Crippen molar-refractivity contribution in [3.8, 4) is 5.88 Å². The van der Waals surface area contributed by atoms with Gasteiger partial charge in [0, 0.05) is 49.6 Å². The van der Waals surface area contributed by atoms with Crippen LogP contribution in [0.15, 0.2) is 47.8 Å². The van der Waals surface area contributed by atoms with Crippen LogP contribution in [0.1, 0.15) is 66.4 Å². The van der Waals surface area contributed by atoms with Gasteiger partial charge in [-0.25, -0.2) is 4.98 Å². The van der Waals surface area contributed by atoms with Crippen LogP contribution in [-0.4, -0.2) is 76.4 Å². The fraction of sp³-hybridized carbons (Fsp3) is 0.469. The lowest BCUT2D eigenvalue weighted by Gasteiger charge is -2.44. The number of carbonyl (C=O) groups excluding carboxylic acids is 1. The molecule has 1 fully saturated rings. The van der Waals surface area contributed by atoms with Gasteiger partial charge < -0.3 is 14.2 Å². The Morgan fingerprint density at radius 1 is 1.15 bits per heavy atom. The monoisotopic (exact) mass is 690 g/mol. The predicted octanol–water partition coefficient (Wildman–Crippen LogP) is 5.95. The van der Waals surface area contributed by atoms with Gasteiger partial charge in [-0.15, -0.1) is 21.0 Å². The number of ether oxygens (including phenoxy) is 3. The molecule has 4 aromatic rings. The number of hydrogen-bond donors (Lipinski definition) is 2. The lowest BCUT2D eigenvalue weighted by Crippen LogP contribution is -2.49. The predicted molar refractivity (Wildman–Crippen MR) is 169 cm³/mol. The number of carbonyl (C=O) groups is 1. The molecule has 1 saturated heterocycles. The maximum atomic E-state index is 13.7. The molecule has 0 bridgehead atoms. The van der Waals surface area contributed by atoms with Crippen LogP contribution in [0.2, 0.25) is 0 Å². The Morgan fingerprint density at radius 3 is 2.56 bits per heavy atom. The summed E-state index contributed by atoms with van der Waals surface area (Å²) in [6.07, 6.45) is 0.734. The lowest BCUT2D eigenvalue weighted by atomic mass is 9.71. The quantitative estimate of drug-likeness (QED) is 0.232. The highest BCUT2D eigenvalue weighted by molar-refractivity contribution is 8.22. The average molecular weight is 691 g/mol. The molecule has 6 rings (SSSR count). The Labute approximate surface area is 276 Å². The van der Waals surface area contributed by atoms with E-state index in [0.717, 1.165) is 9.96 Å². The highest BCUT2D eigenvalue weighted by Gasteiger charge is 2.46. The number of methoxy groups -OCH3 is 1. The summed E-state index contributed by atoms with van der Waals surface area (Å²) in [5.74, 6) is -2.36. The number of halogens is 3. The zero-order valence-electron chi connectivity index (χ0n) is 27.1. The van der Waals surface area contributed by atoms with Crippen molar-refractivity contribution in [2.75, 3.05) is 26.9 Å². The number of aryl methyl sites for hydroxylation is 2. The maximum Gasteiger partial charge on any atom is 0.452 e. The van der Waals surface area contributed by atoms with Crippen molar-refractivity contribution in [1.82, 2.24) is 28.9 Å². The molecule has 0 aliphatic carbocycles. The SMILES string of the molecule is COC(=O)C(C)(C)C(c1cc(CN2CC3(CCOCC3)Oc3ncccc3S2(O)O)c(C)cn1)c1ccn2c(C(F)(F)F)nnc2c1C. The number of aromatic nitrogens is 5. The van der Waals surface area contributed by atoms with Crippen LogP contribution in [0.3, 0.4) is 0 Å². The van der Waals surface area contributed by atoms with E-state index in [2.05, 4.69) is 15.2 Å². The number of esters is 1. The van der Waals surface area contributed by atoms with E-state index in [0.29, 0.717) is 48.4 Å². The molecule has 2 aliphatic heterocycles. The summed E-state index contributed by atoms with van der Waals surface area (Å²) in [4.78, 5) is 22.5. The Morgan fingerprint density at radius 2 is 1.88 bits per heavy atom. The molecule has 6 heterocycles. The molecule has 1 spiro atoms. The number of rotatable bonds is 6. The zero-order chi connectivity index (χ0) is 34.6. The van der Waals surface area contributed by atoms with Crippen molar-refractivity contribution in [2.45, 2.75) is 69.7 Å². The highest BCUT2D eigenvalue weighted by atomic mass is 32.3. The van der Waals surface area contributed by atoms with Crippen LogP contribution < -0.4 is 4.74 Å². The summed E-state index contributed by atoms with van der Waals surface area (Å²) in [5, 5.41) is 7.22. The number of fused-ring (bicyclic) bond motifs is 2. The van der Waals surface area contributed by atoms with Gasteiger partial charge in [0.05, 0.1) is 32.3 Å². The van der Waals surface area contributed by atoms with E-state index in [1.807, 2.05) is 6.92 Å². The van der Waals surface area contributed by atoms with Crippen molar-refractivity contribution in [1.29, 1.82) is 0 Å². The summed E-state index contributed by atoms with van der Waals surface area (Å²) >= 11 is 0. The average Bonchev–Trinajstić information content (AvgIpc) is 3.46. The van der Waals surface area contributed by atoms with Crippen molar-refractivity contribution >= 4 is 22.4 Å². The summed E-state index contributed by atoms with van der Waals surface area (Å²) in [7, 11) is -2.31. The van der Waals surface area contributed by atoms with Crippen molar-refractivity contribution in [2.24, 2.45) is 5.41 Å². The summed E-state index contributed by atoms with van der Waals surface area (Å²) in [6, 6.07) is 6.52. The van der Waals surface area contributed by atoms with Gasteiger partial charge in [-0.3, -0.25) is 23.3 Å². The molecular weight excluding hydrogens is 653 g/mol. The molecular formula is C32H37F3N6O6S. The first kappa shape index (κ1) is 34.0. The molecule has 1 atom stereocenters. The van der Waals surface area contributed by atoms with E-state index < -0.39 is 45.7 Å². The van der Waals surface area contributed by atoms with Gasteiger partial charge in [0.1, 0.15) is 10.5 Å². The molecule has 0 amide bonds. The van der Waals surface area contributed by atoms with Gasteiger partial charge in [0.25, 0.3) is 0 Å². The van der Waals surface area contributed by atoms with Gasteiger partial charge in [-0.2, -0.15) is 17.5 Å². The summed E-state index contributed by atoms with van der Waals surface area (Å²) in [5.41, 5.74) is 0.734. The molecule has 4 aromatic heterocycles. The normalized spacial score (nSPS) is 19.3. The van der Waals surface area contributed by atoms with Crippen LogP contribution in [0, 0.1) is 19.3 Å². The second kappa shape index (κ2) is 12.2. The molecule has 1 unspecified atom stereocenters. The summed E-state index contributed by atoms with van der Waals surface area (Å²) in [6.45, 7) is 7.97. The molecule has 16 heteroatoms. The van der Waals surface area contributed by atoms with E-state index in [-0.39, 0.29) is 29.5 Å². The Hall–Kier alpha value is -3.83. The number of alkyl halides is 3. The largest absolute Gasteiger partial charge is 0.469 e. The first-order chi connectivity index (χ1) is 22.6. The molecule has 0 radical (unpaired) electrons. The van der Waals surface area contributed by atoms with Crippen LogP contribution in [0.5, 0.6) is 5.88 Å². The molecule has 0 aromatic carbocycles. The van der Waals surface area contributed by atoms with Crippen molar-refractivity contribution in [3.05, 3.63) is 76.6 Å². The molecule has 12 nitrogen and oxygen atoms in total. The zero-order valence-corrected chi connectivity index (χ0v) is 27.9. The van der Waals surface area contributed by atoms with Crippen LogP contribution in [0.4, 0.5) is 13.2 Å². The Bertz CT molecular complexity index is 1860. The first-order valence-electron chi connectivity index (χ1n) is 15.3. The van der Waals surface area contributed by atoms with E-state index in [9.17, 15) is 27.1 Å². The molecule has 2 aliphatic rings. The van der Waals surface area contributed by atoms with Gasteiger partial charge in [-0.1, -0.05) is 0 Å². The van der Waals surface area contributed by atoms with E-state index in [4.69, 9.17) is 19.2 Å². The van der Waals surface area contributed by atoms with Crippen molar-refractivity contribution < 1.29 is 41.3 Å². The molecule has 0 saturated carbocycles. The third kappa shape index (κ3) is 5.89. The van der Waals surface area contributed by atoms with Gasteiger partial charge in [0.2, 0.25) is 11.7 Å². The van der Waals surface area contributed by atoms with Crippen molar-refractivity contribution in [3.63, 3.8) is 0 Å². The summed E-state index contributed by atoms with van der Waals surface area (Å²) < 4.78 is 84.1. The van der Waals surface area contributed by atoms with Crippen LogP contribution in [0.25, 0.3) is 5.65 Å². The Balaban J connectivity index is 1.46. The standard InChI is InChI=1S/C32H37F3N6O6S/c1-19-16-37-23(25(30(3,4)29(42)45-5)22-8-12-41-26(20(22)2)38-39-28(41)32(33,34)35)15-21(19)17-40-18-31(9-13-46-14-10-31)47-27-24(48(40,43)44)7-6-11-36-27/h6-8,11-12,15-16,25,43-44H,9-10,13-14,17-18H2,1-5H3. The van der Waals surface area contributed by atoms with Gasteiger partial charge in [-0.05, 0) is 74.2 Å². The van der Waals surface area contributed by atoms with Crippen LogP contribution in [-0.2, 0) is 27.0 Å². The maximum absolute atomic E-state index is 13.7. The number of pyridine rings is 3. The van der Waals surface area contributed by atoms with Gasteiger partial charge >= 0.3 is 12.1 Å². The highest BCUT2D eigenvalue weighted by Crippen LogP contribution is 2.58. The third-order valence-electron chi connectivity index (χ3n) is 9.32. The number of nitrogens with zero attached hydrogens (tertiary/aromatic N) is 6. The Kier molecular flexibility index (Phi) is 8.69. The van der Waals surface area contributed by atoms with E-state index in [1.54, 1.807) is 55.7 Å². The topological polar surface area (TPSA) is 144 Å². The van der Waals surface area contributed by atoms with E-state index >= 15 is 0 Å². The first-order valence-corrected chi connectivity index (χ1v) is 16.8. The minimum absolute atomic E-state index is 0.00892. The fourth-order valence-electron chi connectivity index (χ4n) is 6.60. The molecule has 2 N–H and O–H groups in total. The fourth-order valence-corrected chi connectivity index (χ4v) is 8.20. The molecule has 48 heavy (non-hydrogen) atoms. The third-order valence-corrected chi connectivity index (χ3v) is 11.2. The second-order valence-corrected chi connectivity index (χ2v) is 14.8.